The summed E-state index contributed by atoms with van der Waals surface area (Å²) in [5.41, 5.74) is 0. The Morgan fingerprint density at radius 1 is 1.38 bits per heavy atom. The zero-order valence-electron chi connectivity index (χ0n) is 9.99. The highest BCUT2D eigenvalue weighted by atomic mass is 79.9. The molecule has 0 aliphatic carbocycles. The molecule has 2 heterocycles. The highest BCUT2D eigenvalue weighted by molar-refractivity contribution is 9.09. The number of carbonyl (C=O) groups is 1. The third kappa shape index (κ3) is 2.59. The predicted octanol–water partition coefficient (Wildman–Crippen LogP) is 1.86. The largest absolute Gasteiger partial charge is 0.337 e. The van der Waals surface area contributed by atoms with Crippen molar-refractivity contribution in [2.75, 3.05) is 25.0 Å². The molecule has 0 aromatic rings. The van der Waals surface area contributed by atoms with Crippen LogP contribution in [0, 0.1) is 0 Å². The van der Waals surface area contributed by atoms with E-state index < -0.39 is 0 Å². The molecule has 4 heteroatoms. The maximum Gasteiger partial charge on any atom is 0.223 e. The molecule has 2 unspecified atom stereocenters. The highest BCUT2D eigenvalue weighted by Crippen LogP contribution is 2.24. The van der Waals surface area contributed by atoms with Crippen LogP contribution in [-0.4, -0.2) is 52.8 Å². The number of halogens is 1. The molecule has 2 aliphatic heterocycles. The zero-order valence-corrected chi connectivity index (χ0v) is 11.6. The topological polar surface area (TPSA) is 23.6 Å². The number of amides is 1. The summed E-state index contributed by atoms with van der Waals surface area (Å²) in [7, 11) is 0. The van der Waals surface area contributed by atoms with Gasteiger partial charge in [-0.2, -0.15) is 0 Å². The van der Waals surface area contributed by atoms with Gasteiger partial charge in [-0.25, -0.2) is 0 Å². The van der Waals surface area contributed by atoms with Gasteiger partial charge < -0.3 is 4.90 Å². The first-order chi connectivity index (χ1) is 7.72. The third-order valence-corrected chi connectivity index (χ3v) is 4.21. The van der Waals surface area contributed by atoms with Gasteiger partial charge in [-0.15, -0.1) is 0 Å². The summed E-state index contributed by atoms with van der Waals surface area (Å²) >= 11 is 3.35. The summed E-state index contributed by atoms with van der Waals surface area (Å²) in [6, 6.07) is 1.02. The van der Waals surface area contributed by atoms with Crippen molar-refractivity contribution in [1.82, 2.24) is 9.80 Å². The van der Waals surface area contributed by atoms with Crippen LogP contribution in [-0.2, 0) is 4.79 Å². The number of alkyl halides is 1. The van der Waals surface area contributed by atoms with Gasteiger partial charge in [0.15, 0.2) is 0 Å². The Hall–Kier alpha value is -0.0900. The Balaban J connectivity index is 1.97. The van der Waals surface area contributed by atoms with Gasteiger partial charge in [0.2, 0.25) is 5.91 Å². The quantitative estimate of drug-likeness (QED) is 0.724. The van der Waals surface area contributed by atoms with Gasteiger partial charge in [-0.1, -0.05) is 22.4 Å². The summed E-state index contributed by atoms with van der Waals surface area (Å²) < 4.78 is 0. The lowest BCUT2D eigenvalue weighted by molar-refractivity contribution is -0.137. The van der Waals surface area contributed by atoms with Crippen molar-refractivity contribution >= 4 is 21.8 Å². The van der Waals surface area contributed by atoms with Crippen molar-refractivity contribution in [1.29, 1.82) is 0 Å². The zero-order chi connectivity index (χ0) is 11.5. The maximum absolute atomic E-state index is 12.0. The second kappa shape index (κ2) is 5.50. The van der Waals surface area contributed by atoms with Gasteiger partial charge in [-0.3, -0.25) is 9.69 Å². The minimum Gasteiger partial charge on any atom is -0.337 e. The molecular formula is C12H21BrN2O. The molecule has 0 N–H and O–H groups in total. The summed E-state index contributed by atoms with van der Waals surface area (Å²) in [5, 5.41) is 0.781. The second-order valence-electron chi connectivity index (χ2n) is 4.98. The monoisotopic (exact) mass is 288 g/mol. The van der Waals surface area contributed by atoms with Crippen LogP contribution in [0.25, 0.3) is 0 Å². The Bertz CT molecular complexity index is 259. The van der Waals surface area contributed by atoms with Gasteiger partial charge in [0.05, 0.1) is 0 Å². The van der Waals surface area contributed by atoms with Crippen LogP contribution in [0.15, 0.2) is 0 Å². The van der Waals surface area contributed by atoms with Crippen LogP contribution in [0.5, 0.6) is 0 Å². The first-order valence-electron chi connectivity index (χ1n) is 6.32. The first-order valence-corrected chi connectivity index (χ1v) is 7.44. The smallest absolute Gasteiger partial charge is 0.223 e. The number of hydrogen-bond donors (Lipinski definition) is 0. The van der Waals surface area contributed by atoms with Gasteiger partial charge in [0.25, 0.3) is 0 Å². The maximum atomic E-state index is 12.0. The average molecular weight is 289 g/mol. The number of carbonyl (C=O) groups excluding carboxylic acids is 1. The normalized spacial score (nSPS) is 31.2. The molecule has 0 saturated carbocycles. The molecule has 0 aromatic carbocycles. The van der Waals surface area contributed by atoms with E-state index in [2.05, 4.69) is 32.7 Å². The summed E-state index contributed by atoms with van der Waals surface area (Å²) in [5.74, 6) is 0.314. The minimum atomic E-state index is 0.314. The summed E-state index contributed by atoms with van der Waals surface area (Å²) in [6.07, 6.45) is 4.57. The molecule has 2 fully saturated rings. The predicted molar refractivity (Wildman–Crippen MR) is 68.8 cm³/mol. The fourth-order valence-electron chi connectivity index (χ4n) is 2.92. The lowest BCUT2D eigenvalue weighted by Gasteiger charge is -2.47. The fraction of sp³-hybridized carbons (Fsp3) is 0.917. The fourth-order valence-corrected chi connectivity index (χ4v) is 3.26. The van der Waals surface area contributed by atoms with Crippen molar-refractivity contribution < 1.29 is 4.79 Å². The van der Waals surface area contributed by atoms with Crippen LogP contribution in [0.4, 0.5) is 0 Å². The molecule has 92 valence electrons. The molecule has 3 nitrogen and oxygen atoms in total. The van der Waals surface area contributed by atoms with E-state index in [0.29, 0.717) is 24.4 Å². The Morgan fingerprint density at radius 3 is 2.94 bits per heavy atom. The molecule has 0 aromatic heterocycles. The number of piperidine rings is 1. The van der Waals surface area contributed by atoms with E-state index in [1.54, 1.807) is 0 Å². The molecule has 0 bridgehead atoms. The van der Waals surface area contributed by atoms with E-state index in [1.807, 2.05) is 0 Å². The van der Waals surface area contributed by atoms with Crippen molar-refractivity contribution in [2.24, 2.45) is 0 Å². The Morgan fingerprint density at radius 2 is 2.19 bits per heavy atom. The van der Waals surface area contributed by atoms with Crippen molar-refractivity contribution in [2.45, 2.75) is 44.7 Å². The molecule has 0 spiro atoms. The molecule has 2 aliphatic rings. The average Bonchev–Trinajstić information content (AvgIpc) is 2.28. The van der Waals surface area contributed by atoms with E-state index in [1.165, 1.54) is 25.8 Å². The first kappa shape index (κ1) is 12.4. The Labute approximate surface area is 106 Å². The molecule has 2 atom stereocenters. The number of piperazine rings is 1. The number of fused-ring (bicyclic) bond motifs is 1. The highest BCUT2D eigenvalue weighted by Gasteiger charge is 2.34. The van der Waals surface area contributed by atoms with Crippen molar-refractivity contribution in [3.8, 4) is 0 Å². The minimum absolute atomic E-state index is 0.314. The Kier molecular flexibility index (Phi) is 4.25. The van der Waals surface area contributed by atoms with E-state index >= 15 is 0 Å². The van der Waals surface area contributed by atoms with Gasteiger partial charge in [0, 0.05) is 36.9 Å². The van der Waals surface area contributed by atoms with E-state index in [4.69, 9.17) is 0 Å². The SMILES string of the molecule is CC1CN2CCCCC2CN1C(=O)CCBr. The third-order valence-electron chi connectivity index (χ3n) is 3.82. The molecule has 1 amide bonds. The van der Waals surface area contributed by atoms with Crippen molar-refractivity contribution in [3.05, 3.63) is 0 Å². The van der Waals surface area contributed by atoms with Crippen LogP contribution >= 0.6 is 15.9 Å². The van der Waals surface area contributed by atoms with Crippen molar-refractivity contribution in [3.63, 3.8) is 0 Å². The molecule has 2 saturated heterocycles. The van der Waals surface area contributed by atoms with E-state index in [9.17, 15) is 4.79 Å². The van der Waals surface area contributed by atoms with Crippen LogP contribution in [0.2, 0.25) is 0 Å². The summed E-state index contributed by atoms with van der Waals surface area (Å²) in [4.78, 5) is 16.6. The van der Waals surface area contributed by atoms with E-state index in [0.717, 1.165) is 18.4 Å². The molecule has 2 rings (SSSR count). The van der Waals surface area contributed by atoms with Crippen LogP contribution in [0.3, 0.4) is 0 Å². The van der Waals surface area contributed by atoms with Crippen LogP contribution < -0.4 is 0 Å². The van der Waals surface area contributed by atoms with Crippen LogP contribution in [0.1, 0.15) is 32.6 Å². The number of rotatable bonds is 2. The lowest BCUT2D eigenvalue weighted by Crippen LogP contribution is -2.60. The number of nitrogens with zero attached hydrogens (tertiary/aromatic N) is 2. The molecule has 0 radical (unpaired) electrons. The van der Waals surface area contributed by atoms with Gasteiger partial charge in [-0.05, 0) is 26.3 Å². The molecular weight excluding hydrogens is 268 g/mol. The van der Waals surface area contributed by atoms with Gasteiger partial charge >= 0.3 is 0 Å². The summed E-state index contributed by atoms with van der Waals surface area (Å²) in [6.45, 7) is 5.43. The van der Waals surface area contributed by atoms with E-state index in [-0.39, 0.29) is 0 Å². The lowest BCUT2D eigenvalue weighted by atomic mass is 9.97. The molecule has 16 heavy (non-hydrogen) atoms. The number of hydrogen-bond acceptors (Lipinski definition) is 2. The van der Waals surface area contributed by atoms with Gasteiger partial charge in [0.1, 0.15) is 0 Å². The second-order valence-corrected chi connectivity index (χ2v) is 5.77. The standard InChI is InChI=1S/C12H21BrN2O/c1-10-8-14-7-3-2-4-11(14)9-15(10)12(16)5-6-13/h10-11H,2-9H2,1H3.